The molecule has 0 unspecified atom stereocenters. The average Bonchev–Trinajstić information content (AvgIpc) is 2.43. The Kier molecular flexibility index (Phi) is 8.41. The maximum atomic E-state index is 6.09. The van der Waals surface area contributed by atoms with Gasteiger partial charge >= 0.3 is 0 Å². The summed E-state index contributed by atoms with van der Waals surface area (Å²) in [5.74, 6) is 3.60. The Morgan fingerprint density at radius 3 is 2.44 bits per heavy atom. The van der Waals surface area contributed by atoms with Crippen molar-refractivity contribution >= 4 is 11.8 Å². The number of hydrogen-bond acceptors (Lipinski definition) is 2. The molecule has 0 spiro atoms. The summed E-state index contributed by atoms with van der Waals surface area (Å²) in [6.45, 7) is 5.48. The highest BCUT2D eigenvalue weighted by molar-refractivity contribution is 7.99. The lowest BCUT2D eigenvalue weighted by Crippen LogP contribution is -2.35. The molecule has 0 radical (unpaired) electrons. The van der Waals surface area contributed by atoms with E-state index in [0.29, 0.717) is 5.41 Å². The molecule has 0 saturated heterocycles. The van der Waals surface area contributed by atoms with Crippen molar-refractivity contribution in [2.75, 3.05) is 18.1 Å². The molecule has 2 heteroatoms. The van der Waals surface area contributed by atoms with Gasteiger partial charge in [-0.25, -0.2) is 0 Å². The summed E-state index contributed by atoms with van der Waals surface area (Å²) in [6, 6.07) is 0. The smallest absolute Gasteiger partial charge is 0.00205 e. The lowest BCUT2D eigenvalue weighted by molar-refractivity contribution is 0.138. The molecular formula is C16H33NS. The lowest BCUT2D eigenvalue weighted by atomic mass is 9.67. The van der Waals surface area contributed by atoms with Gasteiger partial charge in [0, 0.05) is 0 Å². The van der Waals surface area contributed by atoms with Crippen molar-refractivity contribution in [2.45, 2.75) is 71.6 Å². The van der Waals surface area contributed by atoms with Gasteiger partial charge in [-0.3, -0.25) is 0 Å². The molecule has 0 heterocycles. The summed E-state index contributed by atoms with van der Waals surface area (Å²) in [6.07, 6.45) is 12.7. The normalized spacial score (nSPS) is 28.5. The Labute approximate surface area is 119 Å². The average molecular weight is 272 g/mol. The predicted molar refractivity (Wildman–Crippen MR) is 85.2 cm³/mol. The van der Waals surface area contributed by atoms with Crippen LogP contribution < -0.4 is 5.73 Å². The van der Waals surface area contributed by atoms with E-state index in [1.165, 1.54) is 69.3 Å². The van der Waals surface area contributed by atoms with Gasteiger partial charge in [0.1, 0.15) is 0 Å². The molecule has 1 aliphatic carbocycles. The van der Waals surface area contributed by atoms with Gasteiger partial charge in [0.2, 0.25) is 0 Å². The van der Waals surface area contributed by atoms with Crippen LogP contribution in [-0.2, 0) is 0 Å². The molecule has 2 N–H and O–H groups in total. The molecule has 1 aliphatic rings. The van der Waals surface area contributed by atoms with Crippen LogP contribution in [0.25, 0.3) is 0 Å². The van der Waals surface area contributed by atoms with Crippen LogP contribution in [-0.4, -0.2) is 18.1 Å². The van der Waals surface area contributed by atoms with Crippen LogP contribution in [0.2, 0.25) is 0 Å². The van der Waals surface area contributed by atoms with Crippen molar-refractivity contribution in [2.24, 2.45) is 17.1 Å². The summed E-state index contributed by atoms with van der Waals surface area (Å²) in [7, 11) is 0. The fourth-order valence-electron chi connectivity index (χ4n) is 3.32. The van der Waals surface area contributed by atoms with Crippen molar-refractivity contribution in [1.29, 1.82) is 0 Å². The summed E-state index contributed by atoms with van der Waals surface area (Å²) in [5.41, 5.74) is 6.60. The zero-order valence-corrected chi connectivity index (χ0v) is 13.4. The first-order valence-corrected chi connectivity index (χ1v) is 9.19. The maximum Gasteiger partial charge on any atom is -0.00205 e. The van der Waals surface area contributed by atoms with E-state index in [1.54, 1.807) is 0 Å². The minimum Gasteiger partial charge on any atom is -0.330 e. The monoisotopic (exact) mass is 271 g/mol. The molecule has 1 nitrogen and oxygen atoms in total. The zero-order valence-electron chi connectivity index (χ0n) is 12.5. The summed E-state index contributed by atoms with van der Waals surface area (Å²) >= 11 is 2.08. The van der Waals surface area contributed by atoms with Gasteiger partial charge in [-0.05, 0) is 67.9 Å². The fraction of sp³-hybridized carbons (Fsp3) is 1.00. The number of nitrogens with two attached hydrogens (primary N) is 1. The molecule has 1 fully saturated rings. The molecule has 1 saturated carbocycles. The molecule has 0 aromatic carbocycles. The van der Waals surface area contributed by atoms with Crippen LogP contribution in [0.4, 0.5) is 0 Å². The van der Waals surface area contributed by atoms with Crippen LogP contribution in [0, 0.1) is 11.3 Å². The van der Waals surface area contributed by atoms with Crippen LogP contribution in [0.1, 0.15) is 71.6 Å². The fourth-order valence-corrected chi connectivity index (χ4v) is 3.96. The largest absolute Gasteiger partial charge is 0.330 e. The molecule has 108 valence electrons. The van der Waals surface area contributed by atoms with Crippen LogP contribution in [0.15, 0.2) is 0 Å². The van der Waals surface area contributed by atoms with Crippen molar-refractivity contribution in [3.8, 4) is 0 Å². The first-order valence-electron chi connectivity index (χ1n) is 8.04. The predicted octanol–water partition coefficient (Wildman–Crippen LogP) is 4.85. The molecule has 0 atom stereocenters. The van der Waals surface area contributed by atoms with Gasteiger partial charge in [-0.1, -0.05) is 33.1 Å². The molecule has 0 amide bonds. The third-order valence-electron chi connectivity index (χ3n) is 4.76. The highest BCUT2D eigenvalue weighted by Gasteiger charge is 2.33. The third-order valence-corrected chi connectivity index (χ3v) is 5.75. The topological polar surface area (TPSA) is 26.0 Å². The minimum atomic E-state index is 0.511. The van der Waals surface area contributed by atoms with E-state index in [4.69, 9.17) is 5.73 Å². The van der Waals surface area contributed by atoms with Gasteiger partial charge in [-0.2, -0.15) is 11.8 Å². The molecule has 18 heavy (non-hydrogen) atoms. The second kappa shape index (κ2) is 9.25. The van der Waals surface area contributed by atoms with Crippen molar-refractivity contribution in [3.05, 3.63) is 0 Å². The van der Waals surface area contributed by atoms with Gasteiger partial charge < -0.3 is 5.73 Å². The van der Waals surface area contributed by atoms with Gasteiger partial charge in [-0.15, -0.1) is 0 Å². The molecule has 0 aliphatic heterocycles. The van der Waals surface area contributed by atoms with Gasteiger partial charge in [0.15, 0.2) is 0 Å². The van der Waals surface area contributed by atoms with E-state index >= 15 is 0 Å². The molecule has 1 rings (SSSR count). The van der Waals surface area contributed by atoms with Crippen LogP contribution >= 0.6 is 11.8 Å². The maximum absolute atomic E-state index is 6.09. The van der Waals surface area contributed by atoms with Crippen LogP contribution in [0.5, 0.6) is 0 Å². The molecule has 0 aromatic heterocycles. The minimum absolute atomic E-state index is 0.511. The summed E-state index contributed by atoms with van der Waals surface area (Å²) < 4.78 is 0. The quantitative estimate of drug-likeness (QED) is 0.607. The van der Waals surface area contributed by atoms with Crippen molar-refractivity contribution in [3.63, 3.8) is 0 Å². The number of hydrogen-bond donors (Lipinski definition) is 1. The Morgan fingerprint density at radius 2 is 1.89 bits per heavy atom. The second-order valence-electron chi connectivity index (χ2n) is 6.09. The number of rotatable bonds is 9. The Balaban J connectivity index is 2.26. The van der Waals surface area contributed by atoms with Gasteiger partial charge in [0.25, 0.3) is 0 Å². The van der Waals surface area contributed by atoms with E-state index < -0.39 is 0 Å². The summed E-state index contributed by atoms with van der Waals surface area (Å²) in [5, 5.41) is 0. The van der Waals surface area contributed by atoms with Gasteiger partial charge in [0.05, 0.1) is 0 Å². The van der Waals surface area contributed by atoms with Crippen LogP contribution in [0.3, 0.4) is 0 Å². The molecule has 0 bridgehead atoms. The third kappa shape index (κ3) is 5.52. The number of thioether (sulfide) groups is 1. The van der Waals surface area contributed by atoms with E-state index in [9.17, 15) is 0 Å². The first kappa shape index (κ1) is 16.4. The number of unbranched alkanes of at least 4 members (excludes halogenated alkanes) is 1. The van der Waals surface area contributed by atoms with E-state index in [0.717, 1.165) is 12.5 Å². The van der Waals surface area contributed by atoms with E-state index in [2.05, 4.69) is 25.6 Å². The van der Waals surface area contributed by atoms with E-state index in [1.807, 2.05) is 0 Å². The molecular weight excluding hydrogens is 238 g/mol. The summed E-state index contributed by atoms with van der Waals surface area (Å²) in [4.78, 5) is 0. The standard InChI is InChI=1S/C16H33NS/c1-3-5-7-15-8-11-16(14-17,12-9-15)10-6-13-18-4-2/h15H,3-14,17H2,1-2H3. The molecule has 0 aromatic rings. The van der Waals surface area contributed by atoms with Crippen molar-refractivity contribution in [1.82, 2.24) is 0 Å². The SMILES string of the molecule is CCCCC1CCC(CN)(CCCSCC)CC1. The van der Waals surface area contributed by atoms with E-state index in [-0.39, 0.29) is 0 Å². The van der Waals surface area contributed by atoms with Crippen molar-refractivity contribution < 1.29 is 0 Å². The lowest BCUT2D eigenvalue weighted by Gasteiger charge is -2.40. The first-order chi connectivity index (χ1) is 8.76. The Hall–Kier alpha value is 0.310. The zero-order chi connectivity index (χ0) is 13.3. The second-order valence-corrected chi connectivity index (χ2v) is 7.48. The Bertz CT molecular complexity index is 197. The highest BCUT2D eigenvalue weighted by Crippen LogP contribution is 2.43. The highest BCUT2D eigenvalue weighted by atomic mass is 32.2. The Morgan fingerprint density at radius 1 is 1.17 bits per heavy atom.